The van der Waals surface area contributed by atoms with Crippen molar-refractivity contribution in [3.05, 3.63) is 47.8 Å². The molecule has 1 heterocycles. The number of hydrogen-bond donors (Lipinski definition) is 1. The fraction of sp³-hybridized carbons (Fsp3) is 0.400. The van der Waals surface area contributed by atoms with Crippen molar-refractivity contribution in [3.63, 3.8) is 0 Å². The molecule has 0 amide bonds. The number of nitrogens with zero attached hydrogens (tertiary/aromatic N) is 2. The molecule has 0 radical (unpaired) electrons. The maximum Gasteiger partial charge on any atom is 0.130 e. The molecule has 0 aliphatic carbocycles. The minimum Gasteiger partial charge on any atom is -0.487 e. The first-order chi connectivity index (χ1) is 9.49. The van der Waals surface area contributed by atoms with Crippen molar-refractivity contribution in [1.82, 2.24) is 9.55 Å². The van der Waals surface area contributed by atoms with E-state index in [1.165, 1.54) is 12.1 Å². The lowest BCUT2D eigenvalue weighted by Crippen LogP contribution is -2.11. The van der Waals surface area contributed by atoms with Crippen LogP contribution in [0, 0.1) is 5.82 Å². The second kappa shape index (κ2) is 6.05. The molecule has 0 spiro atoms. The van der Waals surface area contributed by atoms with E-state index in [-0.39, 0.29) is 11.9 Å². The molecule has 2 aromatic rings. The van der Waals surface area contributed by atoms with E-state index in [2.05, 4.69) is 18.8 Å². The highest BCUT2D eigenvalue weighted by molar-refractivity contribution is 5.36. The molecule has 0 unspecified atom stereocenters. The Balaban J connectivity index is 2.18. The monoisotopic (exact) mass is 277 g/mol. The lowest BCUT2D eigenvalue weighted by atomic mass is 10.1. The van der Waals surface area contributed by atoms with Gasteiger partial charge in [-0.25, -0.2) is 9.37 Å². The van der Waals surface area contributed by atoms with Gasteiger partial charge in [0.05, 0.1) is 18.2 Å². The topological polar surface area (TPSA) is 53.1 Å². The van der Waals surface area contributed by atoms with E-state index in [4.69, 9.17) is 10.5 Å². The molecule has 0 aliphatic rings. The van der Waals surface area contributed by atoms with Crippen LogP contribution in [-0.4, -0.2) is 9.55 Å². The fourth-order valence-corrected chi connectivity index (χ4v) is 2.07. The van der Waals surface area contributed by atoms with E-state index in [1.54, 1.807) is 18.6 Å². The molecule has 20 heavy (non-hydrogen) atoms. The summed E-state index contributed by atoms with van der Waals surface area (Å²) in [7, 11) is 0. The van der Waals surface area contributed by atoms with Gasteiger partial charge in [-0.05, 0) is 26.8 Å². The van der Waals surface area contributed by atoms with Crippen LogP contribution < -0.4 is 10.5 Å². The number of benzene rings is 1. The van der Waals surface area contributed by atoms with E-state index in [0.29, 0.717) is 18.4 Å². The highest BCUT2D eigenvalue weighted by atomic mass is 19.1. The second-order valence-corrected chi connectivity index (χ2v) is 5.15. The third-order valence-electron chi connectivity index (χ3n) is 3.14. The van der Waals surface area contributed by atoms with Crippen molar-refractivity contribution in [2.24, 2.45) is 5.73 Å². The second-order valence-electron chi connectivity index (χ2n) is 5.15. The van der Waals surface area contributed by atoms with E-state index >= 15 is 0 Å². The van der Waals surface area contributed by atoms with Gasteiger partial charge in [-0.2, -0.15) is 0 Å². The van der Waals surface area contributed by atoms with Crippen molar-refractivity contribution in [1.29, 1.82) is 0 Å². The summed E-state index contributed by atoms with van der Waals surface area (Å²) in [6.07, 6.45) is 3.52. The van der Waals surface area contributed by atoms with Gasteiger partial charge in [0.25, 0.3) is 0 Å². The van der Waals surface area contributed by atoms with Crippen LogP contribution in [-0.2, 0) is 6.61 Å². The zero-order valence-corrected chi connectivity index (χ0v) is 12.0. The normalized spacial score (nSPS) is 12.7. The van der Waals surface area contributed by atoms with Crippen molar-refractivity contribution in [2.75, 3.05) is 0 Å². The molecular formula is C15H20FN3O. The van der Waals surface area contributed by atoms with Crippen LogP contribution in [0.15, 0.2) is 30.7 Å². The predicted molar refractivity (Wildman–Crippen MR) is 75.9 cm³/mol. The Kier molecular flexibility index (Phi) is 4.39. The Bertz CT molecular complexity index is 578. The van der Waals surface area contributed by atoms with Crippen molar-refractivity contribution in [2.45, 2.75) is 39.5 Å². The lowest BCUT2D eigenvalue weighted by molar-refractivity contribution is 0.286. The van der Waals surface area contributed by atoms with Crippen LogP contribution >= 0.6 is 0 Å². The molecular weight excluding hydrogens is 257 g/mol. The number of nitrogens with two attached hydrogens (primary N) is 1. The minimum absolute atomic E-state index is 0.208. The van der Waals surface area contributed by atoms with Crippen LogP contribution in [0.2, 0.25) is 0 Å². The maximum absolute atomic E-state index is 13.3. The van der Waals surface area contributed by atoms with Crippen LogP contribution in [0.5, 0.6) is 5.75 Å². The molecule has 1 atom stereocenters. The Morgan fingerprint density at radius 2 is 2.10 bits per heavy atom. The van der Waals surface area contributed by atoms with E-state index in [0.717, 1.165) is 11.3 Å². The third kappa shape index (κ3) is 3.17. The summed E-state index contributed by atoms with van der Waals surface area (Å²) in [4.78, 5) is 4.11. The van der Waals surface area contributed by atoms with Gasteiger partial charge in [0.15, 0.2) is 0 Å². The molecule has 108 valence electrons. The Hall–Kier alpha value is -1.88. The molecule has 0 saturated carbocycles. The first-order valence-corrected chi connectivity index (χ1v) is 6.67. The summed E-state index contributed by atoms with van der Waals surface area (Å²) in [6, 6.07) is 4.52. The smallest absolute Gasteiger partial charge is 0.130 e. The molecule has 1 aromatic heterocycles. The number of hydrogen-bond acceptors (Lipinski definition) is 3. The Morgan fingerprint density at radius 3 is 2.75 bits per heavy atom. The SMILES string of the molecule is CC(C)n1cncc1COc1cc(F)ccc1[C@@H](C)N. The average Bonchev–Trinajstić information content (AvgIpc) is 2.84. The van der Waals surface area contributed by atoms with Crippen molar-refractivity contribution in [3.8, 4) is 5.75 Å². The molecule has 0 saturated heterocycles. The first-order valence-electron chi connectivity index (χ1n) is 6.67. The van der Waals surface area contributed by atoms with Crippen LogP contribution in [0.1, 0.15) is 44.1 Å². The van der Waals surface area contributed by atoms with Crippen LogP contribution in [0.4, 0.5) is 4.39 Å². The van der Waals surface area contributed by atoms with Gasteiger partial charge in [0, 0.05) is 23.7 Å². The third-order valence-corrected chi connectivity index (χ3v) is 3.14. The molecule has 0 aliphatic heterocycles. The number of imidazole rings is 1. The van der Waals surface area contributed by atoms with Crippen LogP contribution in [0.3, 0.4) is 0 Å². The molecule has 4 nitrogen and oxygen atoms in total. The van der Waals surface area contributed by atoms with Gasteiger partial charge in [-0.15, -0.1) is 0 Å². The Labute approximate surface area is 118 Å². The highest BCUT2D eigenvalue weighted by Crippen LogP contribution is 2.26. The van der Waals surface area contributed by atoms with Gasteiger partial charge in [0.1, 0.15) is 18.2 Å². The molecule has 2 N–H and O–H groups in total. The quantitative estimate of drug-likeness (QED) is 0.913. The summed E-state index contributed by atoms with van der Waals surface area (Å²) in [6.45, 7) is 6.32. The molecule has 1 aromatic carbocycles. The largest absolute Gasteiger partial charge is 0.487 e. The molecule has 0 fully saturated rings. The minimum atomic E-state index is -0.332. The maximum atomic E-state index is 13.3. The zero-order chi connectivity index (χ0) is 14.7. The molecule has 0 bridgehead atoms. The summed E-state index contributed by atoms with van der Waals surface area (Å²) in [5, 5.41) is 0. The van der Waals surface area contributed by atoms with Crippen molar-refractivity contribution >= 4 is 0 Å². The summed E-state index contributed by atoms with van der Waals surface area (Å²) < 4.78 is 21.1. The highest BCUT2D eigenvalue weighted by Gasteiger charge is 2.11. The van der Waals surface area contributed by atoms with Gasteiger partial charge < -0.3 is 15.0 Å². The summed E-state index contributed by atoms with van der Waals surface area (Å²) >= 11 is 0. The average molecular weight is 277 g/mol. The molecule has 5 heteroatoms. The van der Waals surface area contributed by atoms with Crippen LogP contribution in [0.25, 0.3) is 0 Å². The lowest BCUT2D eigenvalue weighted by Gasteiger charge is -2.16. The number of aromatic nitrogens is 2. The number of ether oxygens (including phenoxy) is 1. The van der Waals surface area contributed by atoms with Gasteiger partial charge in [-0.1, -0.05) is 6.07 Å². The van der Waals surface area contributed by atoms with E-state index in [1.807, 2.05) is 11.5 Å². The molecule has 2 rings (SSSR count). The standard InChI is InChI=1S/C15H20FN3O/c1-10(2)19-9-18-7-13(19)8-20-15-6-12(16)4-5-14(15)11(3)17/h4-7,9-11H,8,17H2,1-3H3/t11-/m1/s1. The zero-order valence-electron chi connectivity index (χ0n) is 12.0. The van der Waals surface area contributed by atoms with E-state index in [9.17, 15) is 4.39 Å². The van der Waals surface area contributed by atoms with Crippen molar-refractivity contribution < 1.29 is 9.13 Å². The summed E-state index contributed by atoms with van der Waals surface area (Å²) in [5.41, 5.74) is 7.61. The number of rotatable bonds is 5. The summed E-state index contributed by atoms with van der Waals surface area (Å²) in [5.74, 6) is 0.151. The fourth-order valence-electron chi connectivity index (χ4n) is 2.07. The Morgan fingerprint density at radius 1 is 1.35 bits per heavy atom. The van der Waals surface area contributed by atoms with E-state index < -0.39 is 0 Å². The number of halogens is 1. The van der Waals surface area contributed by atoms with Gasteiger partial charge in [0.2, 0.25) is 0 Å². The predicted octanol–water partition coefficient (Wildman–Crippen LogP) is 3.20. The first kappa shape index (κ1) is 14.5. The van der Waals surface area contributed by atoms with Gasteiger partial charge >= 0.3 is 0 Å². The van der Waals surface area contributed by atoms with Gasteiger partial charge in [-0.3, -0.25) is 0 Å².